The van der Waals surface area contributed by atoms with Crippen molar-refractivity contribution in [3.8, 4) is 0 Å². The van der Waals surface area contributed by atoms with Crippen LogP contribution in [0.5, 0.6) is 0 Å². The molecule has 0 spiro atoms. The van der Waals surface area contributed by atoms with Gasteiger partial charge in [-0.3, -0.25) is 0 Å². The molecule has 0 radical (unpaired) electrons. The molecule has 1 aromatic carbocycles. The molecule has 5 heteroatoms. The molecule has 0 heterocycles. The van der Waals surface area contributed by atoms with Crippen LogP contribution in [0.3, 0.4) is 0 Å². The quantitative estimate of drug-likeness (QED) is 0.554. The summed E-state index contributed by atoms with van der Waals surface area (Å²) in [6.07, 6.45) is 0. The van der Waals surface area contributed by atoms with Gasteiger partial charge in [-0.15, -0.1) is 0 Å². The Bertz CT molecular complexity index is 364. The molecule has 0 saturated carbocycles. The molecular weight excluding hydrogens is 392 g/mol. The number of hydrogen-bond acceptors (Lipinski definition) is 2. The van der Waals surface area contributed by atoms with Crippen molar-refractivity contribution in [3.63, 3.8) is 0 Å². The van der Waals surface area contributed by atoms with Crippen LogP contribution in [0.1, 0.15) is 26.6 Å². The molecule has 0 aromatic heterocycles. The van der Waals surface area contributed by atoms with Crippen molar-refractivity contribution < 1.29 is 9.53 Å². The van der Waals surface area contributed by atoms with E-state index in [-0.39, 0.29) is 9.71 Å². The van der Waals surface area contributed by atoms with E-state index in [1.807, 2.05) is 18.2 Å². The van der Waals surface area contributed by atoms with E-state index in [0.717, 1.165) is 10.0 Å². The van der Waals surface area contributed by atoms with Crippen LogP contribution in [0.2, 0.25) is 0 Å². The van der Waals surface area contributed by atoms with Crippen molar-refractivity contribution >= 4 is 53.8 Å². The molecule has 0 aliphatic rings. The number of benzene rings is 1. The molecule has 82 valence electrons. The van der Waals surface area contributed by atoms with Crippen molar-refractivity contribution in [2.45, 2.75) is 10.7 Å². The molecular formula is C10H9Br3O2. The third-order valence-electron chi connectivity index (χ3n) is 1.76. The Labute approximate surface area is 114 Å². The zero-order valence-corrected chi connectivity index (χ0v) is 12.7. The van der Waals surface area contributed by atoms with Gasteiger partial charge in [0, 0.05) is 4.47 Å². The smallest absolute Gasteiger partial charge is 0.339 e. The van der Waals surface area contributed by atoms with Gasteiger partial charge in [-0.2, -0.15) is 0 Å². The molecule has 0 aliphatic carbocycles. The SMILES string of the molecule is CCOC(=O)c1c(Br)cccc1C(Br)Br. The highest BCUT2D eigenvalue weighted by atomic mass is 79.9. The second kappa shape index (κ2) is 6.01. The van der Waals surface area contributed by atoms with Gasteiger partial charge in [0.2, 0.25) is 0 Å². The zero-order chi connectivity index (χ0) is 11.4. The van der Waals surface area contributed by atoms with E-state index in [2.05, 4.69) is 47.8 Å². The molecule has 0 amide bonds. The maximum absolute atomic E-state index is 11.7. The van der Waals surface area contributed by atoms with Crippen LogP contribution in [0.4, 0.5) is 0 Å². The lowest BCUT2D eigenvalue weighted by Gasteiger charge is -2.11. The van der Waals surface area contributed by atoms with E-state index in [0.29, 0.717) is 12.2 Å². The summed E-state index contributed by atoms with van der Waals surface area (Å²) in [7, 11) is 0. The van der Waals surface area contributed by atoms with Crippen LogP contribution in [-0.4, -0.2) is 12.6 Å². The number of esters is 1. The van der Waals surface area contributed by atoms with Crippen molar-refractivity contribution in [1.82, 2.24) is 0 Å². The fourth-order valence-corrected chi connectivity index (χ4v) is 2.45. The summed E-state index contributed by atoms with van der Waals surface area (Å²) in [4.78, 5) is 11.7. The van der Waals surface area contributed by atoms with Crippen molar-refractivity contribution in [2.75, 3.05) is 6.61 Å². The number of carbonyl (C=O) groups is 1. The van der Waals surface area contributed by atoms with E-state index < -0.39 is 0 Å². The van der Waals surface area contributed by atoms with E-state index >= 15 is 0 Å². The first-order valence-electron chi connectivity index (χ1n) is 4.31. The maximum Gasteiger partial charge on any atom is 0.339 e. The minimum atomic E-state index is -0.316. The summed E-state index contributed by atoms with van der Waals surface area (Å²) in [6.45, 7) is 2.16. The lowest BCUT2D eigenvalue weighted by molar-refractivity contribution is 0.0524. The predicted molar refractivity (Wildman–Crippen MR) is 70.7 cm³/mol. The first-order valence-corrected chi connectivity index (χ1v) is 6.94. The van der Waals surface area contributed by atoms with Gasteiger partial charge < -0.3 is 4.74 Å². The molecule has 0 N–H and O–H groups in total. The summed E-state index contributed by atoms with van der Waals surface area (Å²) in [5, 5.41) is 0. The van der Waals surface area contributed by atoms with Crippen molar-refractivity contribution in [1.29, 1.82) is 0 Å². The molecule has 2 nitrogen and oxygen atoms in total. The van der Waals surface area contributed by atoms with E-state index in [1.54, 1.807) is 6.92 Å². The Morgan fingerprint density at radius 3 is 2.67 bits per heavy atom. The highest BCUT2D eigenvalue weighted by Crippen LogP contribution is 2.35. The molecule has 1 rings (SSSR count). The average Bonchev–Trinajstić information content (AvgIpc) is 2.17. The van der Waals surface area contributed by atoms with E-state index in [4.69, 9.17) is 4.74 Å². The molecule has 0 bridgehead atoms. The third-order valence-corrected chi connectivity index (χ3v) is 3.41. The first-order chi connectivity index (χ1) is 7.07. The highest BCUT2D eigenvalue weighted by molar-refractivity contribution is 9.24. The molecule has 0 saturated heterocycles. The molecule has 0 unspecified atom stereocenters. The van der Waals surface area contributed by atoms with Gasteiger partial charge in [0.25, 0.3) is 0 Å². The van der Waals surface area contributed by atoms with Gasteiger partial charge in [0.15, 0.2) is 0 Å². The summed E-state index contributed by atoms with van der Waals surface area (Å²) in [5.74, 6) is -0.316. The van der Waals surface area contributed by atoms with Crippen molar-refractivity contribution in [3.05, 3.63) is 33.8 Å². The lowest BCUT2D eigenvalue weighted by atomic mass is 10.1. The van der Waals surface area contributed by atoms with Crippen LogP contribution in [0.15, 0.2) is 22.7 Å². The standard InChI is InChI=1S/C10H9Br3O2/c1-2-15-10(14)8-6(9(12)13)4-3-5-7(8)11/h3-5,9H,2H2,1H3. The minimum Gasteiger partial charge on any atom is -0.462 e. The van der Waals surface area contributed by atoms with Crippen LogP contribution >= 0.6 is 47.8 Å². The van der Waals surface area contributed by atoms with Crippen LogP contribution in [0.25, 0.3) is 0 Å². The summed E-state index contributed by atoms with van der Waals surface area (Å²) in [5.41, 5.74) is 1.40. The highest BCUT2D eigenvalue weighted by Gasteiger charge is 2.19. The van der Waals surface area contributed by atoms with Gasteiger partial charge in [0.1, 0.15) is 0 Å². The van der Waals surface area contributed by atoms with Gasteiger partial charge in [-0.25, -0.2) is 4.79 Å². The van der Waals surface area contributed by atoms with Gasteiger partial charge in [-0.05, 0) is 34.5 Å². The van der Waals surface area contributed by atoms with Crippen molar-refractivity contribution in [2.24, 2.45) is 0 Å². The Morgan fingerprint density at radius 1 is 1.47 bits per heavy atom. The number of rotatable bonds is 3. The van der Waals surface area contributed by atoms with Crippen LogP contribution in [-0.2, 0) is 4.74 Å². The van der Waals surface area contributed by atoms with Gasteiger partial charge in [0.05, 0.1) is 15.9 Å². The number of alkyl halides is 2. The molecule has 0 aliphatic heterocycles. The molecule has 1 aromatic rings. The first kappa shape index (κ1) is 13.2. The van der Waals surface area contributed by atoms with E-state index in [9.17, 15) is 4.79 Å². The average molecular weight is 401 g/mol. The van der Waals surface area contributed by atoms with Crippen LogP contribution in [0, 0.1) is 0 Å². The second-order valence-corrected chi connectivity index (χ2v) is 6.64. The maximum atomic E-state index is 11.7. The Morgan fingerprint density at radius 2 is 2.13 bits per heavy atom. The monoisotopic (exact) mass is 398 g/mol. The fourth-order valence-electron chi connectivity index (χ4n) is 1.14. The predicted octanol–water partition coefficient (Wildman–Crippen LogP) is 4.41. The normalized spacial score (nSPS) is 10.5. The summed E-state index contributed by atoms with van der Waals surface area (Å²) in [6, 6.07) is 5.56. The van der Waals surface area contributed by atoms with E-state index in [1.165, 1.54) is 0 Å². The zero-order valence-electron chi connectivity index (χ0n) is 7.97. The third kappa shape index (κ3) is 3.29. The molecule has 0 atom stereocenters. The fraction of sp³-hybridized carbons (Fsp3) is 0.300. The minimum absolute atomic E-state index is 0.0677. The number of halogens is 3. The lowest BCUT2D eigenvalue weighted by Crippen LogP contribution is -2.08. The molecule has 0 fully saturated rings. The largest absolute Gasteiger partial charge is 0.462 e. The Balaban J connectivity index is 3.18. The Kier molecular flexibility index (Phi) is 5.29. The summed E-state index contributed by atoms with van der Waals surface area (Å²) < 4.78 is 5.66. The van der Waals surface area contributed by atoms with Gasteiger partial charge in [-0.1, -0.05) is 44.0 Å². The molecule has 15 heavy (non-hydrogen) atoms. The number of hydrogen-bond donors (Lipinski definition) is 0. The second-order valence-electron chi connectivity index (χ2n) is 2.73. The number of ether oxygens (including phenoxy) is 1. The van der Waals surface area contributed by atoms with Gasteiger partial charge >= 0.3 is 5.97 Å². The van der Waals surface area contributed by atoms with Crippen LogP contribution < -0.4 is 0 Å². The number of carbonyl (C=O) groups excluding carboxylic acids is 1. The topological polar surface area (TPSA) is 26.3 Å². The Hall–Kier alpha value is 0.130. The summed E-state index contributed by atoms with van der Waals surface area (Å²) >= 11 is 10.1.